The molecule has 0 aromatic heterocycles. The fourth-order valence-corrected chi connectivity index (χ4v) is 1.50. The summed E-state index contributed by atoms with van der Waals surface area (Å²) in [5, 5.41) is 0. The molecule has 0 atom stereocenters. The van der Waals surface area contributed by atoms with Gasteiger partial charge in [0.2, 0.25) is 0 Å². The van der Waals surface area contributed by atoms with E-state index in [0.717, 1.165) is 0 Å². The minimum absolute atomic E-state index is 0.0295. The highest BCUT2D eigenvalue weighted by molar-refractivity contribution is 6.03. The molecule has 0 N–H and O–H groups in total. The SMILES string of the molecule is C=CCOC(=O)c1ccccc1C(=O)OCCOC(=C)C=C. The first-order chi connectivity index (χ1) is 10.6. The fourth-order valence-electron chi connectivity index (χ4n) is 1.50. The highest BCUT2D eigenvalue weighted by atomic mass is 16.6. The summed E-state index contributed by atoms with van der Waals surface area (Å²) in [6.45, 7) is 10.8. The van der Waals surface area contributed by atoms with Crippen molar-refractivity contribution >= 4 is 11.9 Å². The summed E-state index contributed by atoms with van der Waals surface area (Å²) in [6, 6.07) is 6.27. The van der Waals surface area contributed by atoms with Gasteiger partial charge in [0.05, 0.1) is 11.1 Å². The molecule has 22 heavy (non-hydrogen) atoms. The van der Waals surface area contributed by atoms with E-state index < -0.39 is 11.9 Å². The van der Waals surface area contributed by atoms with Crippen molar-refractivity contribution in [3.8, 4) is 0 Å². The summed E-state index contributed by atoms with van der Waals surface area (Å²) in [6.07, 6.45) is 2.90. The fraction of sp³-hybridized carbons (Fsp3) is 0.176. The largest absolute Gasteiger partial charge is 0.491 e. The molecule has 0 fully saturated rings. The van der Waals surface area contributed by atoms with Crippen molar-refractivity contribution in [2.75, 3.05) is 19.8 Å². The highest BCUT2D eigenvalue weighted by Gasteiger charge is 2.18. The van der Waals surface area contributed by atoms with E-state index in [2.05, 4.69) is 19.7 Å². The van der Waals surface area contributed by atoms with Crippen LogP contribution in [0.3, 0.4) is 0 Å². The predicted molar refractivity (Wildman–Crippen MR) is 82.5 cm³/mol. The van der Waals surface area contributed by atoms with Crippen molar-refractivity contribution in [2.45, 2.75) is 0 Å². The maximum atomic E-state index is 12.0. The van der Waals surface area contributed by atoms with Crippen LogP contribution >= 0.6 is 0 Å². The van der Waals surface area contributed by atoms with Crippen LogP contribution in [0.2, 0.25) is 0 Å². The molecule has 1 aromatic carbocycles. The van der Waals surface area contributed by atoms with Crippen molar-refractivity contribution in [3.05, 3.63) is 73.0 Å². The van der Waals surface area contributed by atoms with Crippen molar-refractivity contribution in [1.29, 1.82) is 0 Å². The molecule has 0 saturated heterocycles. The zero-order valence-electron chi connectivity index (χ0n) is 12.2. The third-order valence-electron chi connectivity index (χ3n) is 2.53. The number of benzene rings is 1. The summed E-state index contributed by atoms with van der Waals surface area (Å²) in [7, 11) is 0. The molecule has 0 bridgehead atoms. The first kappa shape index (κ1) is 17.2. The van der Waals surface area contributed by atoms with Gasteiger partial charge >= 0.3 is 11.9 Å². The van der Waals surface area contributed by atoms with Crippen LogP contribution in [0.5, 0.6) is 0 Å². The second-order valence-corrected chi connectivity index (χ2v) is 4.09. The van der Waals surface area contributed by atoms with Crippen LogP contribution in [-0.2, 0) is 14.2 Å². The molecule has 0 radical (unpaired) electrons. The summed E-state index contributed by atoms with van der Waals surface area (Å²) >= 11 is 0. The average molecular weight is 302 g/mol. The molecule has 1 aromatic rings. The summed E-state index contributed by atoms with van der Waals surface area (Å²) in [5.41, 5.74) is 0.282. The van der Waals surface area contributed by atoms with Crippen LogP contribution in [-0.4, -0.2) is 31.8 Å². The Morgan fingerprint density at radius 2 is 1.50 bits per heavy atom. The van der Waals surface area contributed by atoms with Crippen LogP contribution in [0.15, 0.2) is 61.9 Å². The first-order valence-electron chi connectivity index (χ1n) is 6.58. The van der Waals surface area contributed by atoms with E-state index in [1.54, 1.807) is 12.1 Å². The van der Waals surface area contributed by atoms with Gasteiger partial charge in [-0.2, -0.15) is 0 Å². The molecule has 0 aliphatic rings. The van der Waals surface area contributed by atoms with Crippen molar-refractivity contribution in [2.24, 2.45) is 0 Å². The molecule has 0 amide bonds. The van der Waals surface area contributed by atoms with Gasteiger partial charge in [-0.05, 0) is 18.2 Å². The number of hydrogen-bond donors (Lipinski definition) is 0. The van der Waals surface area contributed by atoms with E-state index in [-0.39, 0.29) is 30.9 Å². The molecule has 0 aliphatic carbocycles. The number of esters is 2. The van der Waals surface area contributed by atoms with E-state index in [0.29, 0.717) is 5.76 Å². The van der Waals surface area contributed by atoms with Crippen LogP contribution in [0, 0.1) is 0 Å². The van der Waals surface area contributed by atoms with E-state index in [9.17, 15) is 9.59 Å². The smallest absolute Gasteiger partial charge is 0.339 e. The maximum Gasteiger partial charge on any atom is 0.339 e. The van der Waals surface area contributed by atoms with E-state index in [1.807, 2.05) is 0 Å². The lowest BCUT2D eigenvalue weighted by Gasteiger charge is -2.09. The molecule has 0 saturated carbocycles. The number of allylic oxidation sites excluding steroid dienone is 1. The third kappa shape index (κ3) is 5.28. The average Bonchev–Trinajstić information content (AvgIpc) is 2.55. The zero-order chi connectivity index (χ0) is 16.4. The standard InChI is InChI=1S/C17H18O5/c1-4-10-21-16(18)14-8-6-7-9-15(14)17(19)22-12-11-20-13(3)5-2/h4-9H,1-3,10-12H2. The van der Waals surface area contributed by atoms with Gasteiger partial charge in [-0.1, -0.05) is 37.9 Å². The van der Waals surface area contributed by atoms with E-state index in [4.69, 9.17) is 14.2 Å². The van der Waals surface area contributed by atoms with Crippen molar-refractivity contribution in [3.63, 3.8) is 0 Å². The lowest BCUT2D eigenvalue weighted by Crippen LogP contribution is -2.16. The van der Waals surface area contributed by atoms with Gasteiger partial charge in [0.25, 0.3) is 0 Å². The van der Waals surface area contributed by atoms with Gasteiger partial charge in [-0.25, -0.2) is 9.59 Å². The third-order valence-corrected chi connectivity index (χ3v) is 2.53. The minimum Gasteiger partial charge on any atom is -0.491 e. The predicted octanol–water partition coefficient (Wildman–Crippen LogP) is 2.90. The molecule has 0 spiro atoms. The molecule has 5 heteroatoms. The molecular formula is C17H18O5. The number of carbonyl (C=O) groups excluding carboxylic acids is 2. The lowest BCUT2D eigenvalue weighted by atomic mass is 10.1. The molecule has 0 unspecified atom stereocenters. The van der Waals surface area contributed by atoms with Gasteiger partial charge < -0.3 is 14.2 Å². The van der Waals surface area contributed by atoms with Gasteiger partial charge in [0.1, 0.15) is 25.6 Å². The summed E-state index contributed by atoms with van der Waals surface area (Å²) in [4.78, 5) is 23.9. The Morgan fingerprint density at radius 1 is 0.955 bits per heavy atom. The maximum absolute atomic E-state index is 12.0. The minimum atomic E-state index is -0.626. The van der Waals surface area contributed by atoms with Gasteiger partial charge in [0, 0.05) is 0 Å². The molecular weight excluding hydrogens is 284 g/mol. The van der Waals surface area contributed by atoms with Crippen LogP contribution < -0.4 is 0 Å². The molecule has 1 rings (SSSR count). The quantitative estimate of drug-likeness (QED) is 0.231. The number of ether oxygens (including phenoxy) is 3. The summed E-state index contributed by atoms with van der Waals surface area (Å²) in [5.74, 6) is -0.841. The molecule has 116 valence electrons. The Hall–Kier alpha value is -2.82. The van der Waals surface area contributed by atoms with Gasteiger partial charge in [0.15, 0.2) is 0 Å². The Labute approximate surface area is 129 Å². The monoisotopic (exact) mass is 302 g/mol. The van der Waals surface area contributed by atoms with Crippen LogP contribution in [0.1, 0.15) is 20.7 Å². The van der Waals surface area contributed by atoms with E-state index in [1.165, 1.54) is 24.3 Å². The van der Waals surface area contributed by atoms with E-state index >= 15 is 0 Å². The van der Waals surface area contributed by atoms with Gasteiger partial charge in [-0.3, -0.25) is 0 Å². The van der Waals surface area contributed by atoms with Crippen molar-refractivity contribution in [1.82, 2.24) is 0 Å². The highest BCUT2D eigenvalue weighted by Crippen LogP contribution is 2.12. The number of rotatable bonds is 9. The second kappa shape index (κ2) is 9.18. The molecule has 0 aliphatic heterocycles. The Balaban J connectivity index is 2.65. The Morgan fingerprint density at radius 3 is 2.05 bits per heavy atom. The van der Waals surface area contributed by atoms with Crippen LogP contribution in [0.4, 0.5) is 0 Å². The van der Waals surface area contributed by atoms with Crippen LogP contribution in [0.25, 0.3) is 0 Å². The summed E-state index contributed by atoms with van der Waals surface area (Å²) < 4.78 is 15.1. The topological polar surface area (TPSA) is 61.8 Å². The number of carbonyl (C=O) groups is 2. The second-order valence-electron chi connectivity index (χ2n) is 4.09. The van der Waals surface area contributed by atoms with Gasteiger partial charge in [-0.15, -0.1) is 0 Å². The number of hydrogen-bond acceptors (Lipinski definition) is 5. The molecule has 0 heterocycles. The Kier molecular flexibility index (Phi) is 7.19. The molecule has 5 nitrogen and oxygen atoms in total. The Bertz CT molecular complexity index is 574. The lowest BCUT2D eigenvalue weighted by molar-refractivity contribution is 0.0395. The zero-order valence-corrected chi connectivity index (χ0v) is 12.2. The normalized spacial score (nSPS) is 9.45. The van der Waals surface area contributed by atoms with Crippen molar-refractivity contribution < 1.29 is 23.8 Å². The first-order valence-corrected chi connectivity index (χ1v) is 6.58.